The zero-order valence-corrected chi connectivity index (χ0v) is 12.2. The first-order valence-corrected chi connectivity index (χ1v) is 7.37. The Morgan fingerprint density at radius 1 is 1.39 bits per heavy atom. The van der Waals surface area contributed by atoms with Gasteiger partial charge in [0.05, 0.1) is 0 Å². The van der Waals surface area contributed by atoms with Gasteiger partial charge in [-0.25, -0.2) is 4.98 Å². The Hall–Kier alpha value is -0.600. The number of nitrogens with zero attached hydrogens (tertiary/aromatic N) is 2. The molecule has 1 aromatic heterocycles. The summed E-state index contributed by atoms with van der Waals surface area (Å²) in [6.45, 7) is 6.76. The molecular formula is C15H23ClN2. The summed E-state index contributed by atoms with van der Waals surface area (Å²) in [6, 6.07) is 4.83. The van der Waals surface area contributed by atoms with Gasteiger partial charge in [0, 0.05) is 25.3 Å². The molecule has 2 rings (SSSR count). The fourth-order valence-corrected chi connectivity index (χ4v) is 3.05. The number of pyridine rings is 1. The number of rotatable bonds is 5. The van der Waals surface area contributed by atoms with E-state index in [1.54, 1.807) is 6.20 Å². The molecule has 0 bridgehead atoms. The van der Waals surface area contributed by atoms with Gasteiger partial charge in [-0.05, 0) is 36.5 Å². The molecule has 0 radical (unpaired) electrons. The van der Waals surface area contributed by atoms with Gasteiger partial charge in [0.2, 0.25) is 0 Å². The molecular weight excluding hydrogens is 244 g/mol. The molecule has 1 aromatic rings. The highest BCUT2D eigenvalue weighted by Crippen LogP contribution is 2.26. The van der Waals surface area contributed by atoms with E-state index in [-0.39, 0.29) is 0 Å². The predicted octanol–water partition coefficient (Wildman–Crippen LogP) is 4.14. The predicted molar refractivity (Wildman–Crippen MR) is 76.8 cm³/mol. The number of hydrogen-bond donors (Lipinski definition) is 0. The third-order valence-corrected chi connectivity index (χ3v) is 3.82. The molecule has 1 heterocycles. The van der Waals surface area contributed by atoms with Crippen molar-refractivity contribution >= 4 is 11.6 Å². The van der Waals surface area contributed by atoms with E-state index in [0.717, 1.165) is 12.6 Å². The van der Waals surface area contributed by atoms with Gasteiger partial charge < -0.3 is 0 Å². The second kappa shape index (κ2) is 6.53. The van der Waals surface area contributed by atoms with Gasteiger partial charge in [-0.3, -0.25) is 4.90 Å². The van der Waals surface area contributed by atoms with E-state index in [2.05, 4.69) is 29.8 Å². The Balaban J connectivity index is 2.04. The lowest BCUT2D eigenvalue weighted by atomic mass is 10.1. The molecule has 18 heavy (non-hydrogen) atoms. The van der Waals surface area contributed by atoms with E-state index in [9.17, 15) is 0 Å². The van der Waals surface area contributed by atoms with Crippen LogP contribution in [0.1, 0.15) is 45.1 Å². The molecule has 0 N–H and O–H groups in total. The lowest BCUT2D eigenvalue weighted by molar-refractivity contribution is 0.168. The Labute approximate surface area is 115 Å². The average molecular weight is 267 g/mol. The van der Waals surface area contributed by atoms with Crippen molar-refractivity contribution < 1.29 is 0 Å². The zero-order valence-electron chi connectivity index (χ0n) is 11.4. The van der Waals surface area contributed by atoms with Crippen molar-refractivity contribution in [2.75, 3.05) is 6.54 Å². The third-order valence-electron chi connectivity index (χ3n) is 3.62. The molecule has 0 spiro atoms. The second-order valence-corrected chi connectivity index (χ2v) is 6.14. The fourth-order valence-electron chi connectivity index (χ4n) is 2.86. The van der Waals surface area contributed by atoms with Crippen molar-refractivity contribution in [1.82, 2.24) is 9.88 Å². The summed E-state index contributed by atoms with van der Waals surface area (Å²) in [6.07, 6.45) is 7.28. The minimum absolute atomic E-state index is 0.600. The molecule has 1 aliphatic rings. The molecule has 100 valence electrons. The largest absolute Gasteiger partial charge is 0.296 e. The van der Waals surface area contributed by atoms with Gasteiger partial charge >= 0.3 is 0 Å². The van der Waals surface area contributed by atoms with Gasteiger partial charge in [0.25, 0.3) is 0 Å². The van der Waals surface area contributed by atoms with E-state index in [0.29, 0.717) is 11.1 Å². The number of aromatic nitrogens is 1. The van der Waals surface area contributed by atoms with Gasteiger partial charge in [0.1, 0.15) is 5.15 Å². The first kappa shape index (κ1) is 13.8. The summed E-state index contributed by atoms with van der Waals surface area (Å²) >= 11 is 5.96. The van der Waals surface area contributed by atoms with Crippen LogP contribution in [0.4, 0.5) is 0 Å². The normalized spacial score (nSPS) is 16.9. The lowest BCUT2D eigenvalue weighted by Gasteiger charge is -2.30. The Bertz CT molecular complexity index is 373. The van der Waals surface area contributed by atoms with Crippen LogP contribution in [0.5, 0.6) is 0 Å². The smallest absolute Gasteiger partial charge is 0.129 e. The van der Waals surface area contributed by atoms with Crippen LogP contribution in [0.3, 0.4) is 0 Å². The van der Waals surface area contributed by atoms with Crippen LogP contribution >= 0.6 is 11.6 Å². The molecule has 1 fully saturated rings. The van der Waals surface area contributed by atoms with Crippen LogP contribution < -0.4 is 0 Å². The molecule has 2 nitrogen and oxygen atoms in total. The van der Waals surface area contributed by atoms with E-state index >= 15 is 0 Å². The molecule has 0 unspecified atom stereocenters. The molecule has 3 heteroatoms. The summed E-state index contributed by atoms with van der Waals surface area (Å²) in [5.41, 5.74) is 1.28. The topological polar surface area (TPSA) is 16.1 Å². The second-order valence-electron chi connectivity index (χ2n) is 5.75. The first-order valence-electron chi connectivity index (χ1n) is 6.99. The van der Waals surface area contributed by atoms with Crippen LogP contribution in [0.25, 0.3) is 0 Å². The van der Waals surface area contributed by atoms with E-state index in [4.69, 9.17) is 11.6 Å². The minimum atomic E-state index is 0.600. The maximum absolute atomic E-state index is 5.96. The summed E-state index contributed by atoms with van der Waals surface area (Å²) in [7, 11) is 0. The summed E-state index contributed by atoms with van der Waals surface area (Å²) in [5.74, 6) is 0.711. The fraction of sp³-hybridized carbons (Fsp3) is 0.667. The summed E-state index contributed by atoms with van der Waals surface area (Å²) in [5, 5.41) is 0.600. The highest BCUT2D eigenvalue weighted by atomic mass is 35.5. The lowest BCUT2D eigenvalue weighted by Crippen LogP contribution is -2.35. The third kappa shape index (κ3) is 3.96. The first-order chi connectivity index (χ1) is 8.65. The molecule has 0 amide bonds. The maximum atomic E-state index is 5.96. The number of hydrogen-bond acceptors (Lipinski definition) is 2. The maximum Gasteiger partial charge on any atom is 0.129 e. The van der Waals surface area contributed by atoms with E-state index in [1.807, 2.05) is 6.07 Å². The van der Waals surface area contributed by atoms with Crippen LogP contribution in [0, 0.1) is 5.92 Å². The molecule has 0 saturated heterocycles. The minimum Gasteiger partial charge on any atom is -0.296 e. The van der Waals surface area contributed by atoms with Crippen LogP contribution in [0.2, 0.25) is 5.15 Å². The van der Waals surface area contributed by atoms with Crippen molar-refractivity contribution in [3.8, 4) is 0 Å². The van der Waals surface area contributed by atoms with Gasteiger partial charge in [-0.15, -0.1) is 0 Å². The Kier molecular flexibility index (Phi) is 5.02. The molecule has 0 aliphatic heterocycles. The van der Waals surface area contributed by atoms with Crippen molar-refractivity contribution in [3.05, 3.63) is 29.0 Å². The summed E-state index contributed by atoms with van der Waals surface area (Å²) < 4.78 is 0. The zero-order chi connectivity index (χ0) is 13.0. The quantitative estimate of drug-likeness (QED) is 0.745. The molecule has 0 atom stereocenters. The van der Waals surface area contributed by atoms with Crippen molar-refractivity contribution in [1.29, 1.82) is 0 Å². The summed E-state index contributed by atoms with van der Waals surface area (Å²) in [4.78, 5) is 6.68. The van der Waals surface area contributed by atoms with Crippen LogP contribution in [0.15, 0.2) is 18.3 Å². The highest BCUT2D eigenvalue weighted by molar-refractivity contribution is 6.29. The van der Waals surface area contributed by atoms with Crippen molar-refractivity contribution in [2.45, 2.75) is 52.1 Å². The standard InChI is InChI=1S/C15H23ClN2/c1-12(2)10-18(14-5-3-4-6-14)11-13-7-8-17-15(16)9-13/h7-9,12,14H,3-6,10-11H2,1-2H3. The monoisotopic (exact) mass is 266 g/mol. The average Bonchev–Trinajstić information content (AvgIpc) is 2.80. The molecule has 0 aromatic carbocycles. The molecule has 1 aliphatic carbocycles. The van der Waals surface area contributed by atoms with E-state index in [1.165, 1.54) is 37.8 Å². The van der Waals surface area contributed by atoms with E-state index < -0.39 is 0 Å². The van der Waals surface area contributed by atoms with Crippen molar-refractivity contribution in [2.24, 2.45) is 5.92 Å². The Morgan fingerprint density at radius 3 is 2.72 bits per heavy atom. The van der Waals surface area contributed by atoms with Gasteiger partial charge in [0.15, 0.2) is 0 Å². The Morgan fingerprint density at radius 2 is 2.11 bits per heavy atom. The van der Waals surface area contributed by atoms with Gasteiger partial charge in [-0.2, -0.15) is 0 Å². The van der Waals surface area contributed by atoms with Crippen LogP contribution in [-0.2, 0) is 6.54 Å². The number of halogens is 1. The van der Waals surface area contributed by atoms with Crippen LogP contribution in [-0.4, -0.2) is 22.5 Å². The van der Waals surface area contributed by atoms with Crippen molar-refractivity contribution in [3.63, 3.8) is 0 Å². The SMILES string of the molecule is CC(C)CN(Cc1ccnc(Cl)c1)C1CCCC1. The van der Waals surface area contributed by atoms with Gasteiger partial charge in [-0.1, -0.05) is 38.3 Å². The highest BCUT2D eigenvalue weighted by Gasteiger charge is 2.23. The molecule has 1 saturated carbocycles.